The zero-order chi connectivity index (χ0) is 18.5. The Morgan fingerprint density at radius 1 is 1.15 bits per heavy atom. The average Bonchev–Trinajstić information content (AvgIpc) is 3.31. The lowest BCUT2D eigenvalue weighted by Gasteiger charge is -2.08. The largest absolute Gasteiger partial charge is 0.452 e. The van der Waals surface area contributed by atoms with Crippen LogP contribution in [0.5, 0.6) is 0 Å². The third-order valence-corrected chi connectivity index (χ3v) is 4.23. The van der Waals surface area contributed by atoms with E-state index in [1.807, 2.05) is 0 Å². The Hall–Kier alpha value is -3.26. The Labute approximate surface area is 152 Å². The lowest BCUT2D eigenvalue weighted by molar-refractivity contribution is -0.119. The van der Waals surface area contributed by atoms with Crippen LogP contribution in [0.1, 0.15) is 31.3 Å². The average molecular weight is 370 g/mol. The van der Waals surface area contributed by atoms with Crippen LogP contribution < -0.4 is 5.32 Å². The van der Waals surface area contributed by atoms with Crippen molar-refractivity contribution >= 4 is 34.9 Å². The van der Waals surface area contributed by atoms with E-state index < -0.39 is 18.5 Å². The first-order chi connectivity index (χ1) is 12.5. The first-order valence-electron chi connectivity index (χ1n) is 7.62. The quantitative estimate of drug-likeness (QED) is 0.529. The molecule has 0 atom stereocenters. The van der Waals surface area contributed by atoms with Crippen LogP contribution in [-0.2, 0) is 9.53 Å². The Kier molecular flexibility index (Phi) is 5.23. The summed E-state index contributed by atoms with van der Waals surface area (Å²) in [7, 11) is 0. The van der Waals surface area contributed by atoms with Gasteiger partial charge in [0, 0.05) is 11.6 Å². The van der Waals surface area contributed by atoms with Gasteiger partial charge in [-0.25, -0.2) is 4.79 Å². The summed E-state index contributed by atoms with van der Waals surface area (Å²) in [5.74, 6) is -1.43. The number of nitrogens with one attached hydrogen (secondary N) is 1. The zero-order valence-corrected chi connectivity index (χ0v) is 14.5. The third kappa shape index (κ3) is 4.04. The topological polar surface area (TPSA) is 98.5 Å². The monoisotopic (exact) mass is 370 g/mol. The highest BCUT2D eigenvalue weighted by Gasteiger charge is 2.20. The van der Waals surface area contributed by atoms with Crippen molar-refractivity contribution in [1.29, 1.82) is 0 Å². The number of ketones is 1. The first-order valence-corrected chi connectivity index (χ1v) is 8.50. The fraction of sp³-hybridized carbons (Fsp3) is 0.111. The molecule has 0 fully saturated rings. The third-order valence-electron chi connectivity index (χ3n) is 3.36. The van der Waals surface area contributed by atoms with E-state index in [2.05, 4.69) is 10.5 Å². The van der Waals surface area contributed by atoms with Gasteiger partial charge in [-0.2, -0.15) is 0 Å². The number of hydrogen-bond acceptors (Lipinski definition) is 7. The van der Waals surface area contributed by atoms with Crippen molar-refractivity contribution in [3.05, 3.63) is 69.5 Å². The highest BCUT2D eigenvalue weighted by Crippen LogP contribution is 2.19. The smallest absolute Gasteiger partial charge is 0.339 e. The number of thiophene rings is 1. The number of benzene rings is 1. The maximum Gasteiger partial charge on any atom is 0.339 e. The number of carbonyl (C=O) groups is 3. The highest BCUT2D eigenvalue weighted by atomic mass is 32.1. The molecule has 7 nitrogen and oxygen atoms in total. The molecule has 0 unspecified atom stereocenters. The van der Waals surface area contributed by atoms with Crippen LogP contribution in [0.3, 0.4) is 0 Å². The van der Waals surface area contributed by atoms with Gasteiger partial charge in [-0.3, -0.25) is 14.9 Å². The second-order valence-corrected chi connectivity index (χ2v) is 6.26. The number of aromatic nitrogens is 1. The maximum atomic E-state index is 12.5. The van der Waals surface area contributed by atoms with Gasteiger partial charge in [0.05, 0.1) is 16.1 Å². The molecule has 2 heterocycles. The SMILES string of the molecule is Cc1cc(NC(=O)COC(=O)c2ccccc2C(=O)c2cccs2)on1. The van der Waals surface area contributed by atoms with Crippen LogP contribution in [0, 0.1) is 6.92 Å². The van der Waals surface area contributed by atoms with Crippen LogP contribution in [-0.4, -0.2) is 29.4 Å². The van der Waals surface area contributed by atoms with Gasteiger partial charge in [-0.05, 0) is 24.4 Å². The molecule has 0 saturated heterocycles. The molecule has 3 aromatic rings. The fourth-order valence-corrected chi connectivity index (χ4v) is 2.88. The molecule has 0 radical (unpaired) electrons. The number of rotatable bonds is 6. The maximum absolute atomic E-state index is 12.5. The summed E-state index contributed by atoms with van der Waals surface area (Å²) in [6.07, 6.45) is 0. The molecule has 3 rings (SSSR count). The summed E-state index contributed by atoms with van der Waals surface area (Å²) >= 11 is 1.29. The molecule has 132 valence electrons. The van der Waals surface area contributed by atoms with E-state index >= 15 is 0 Å². The zero-order valence-electron chi connectivity index (χ0n) is 13.7. The Bertz CT molecular complexity index is 946. The number of aryl methyl sites for hydroxylation is 1. The predicted octanol–water partition coefficient (Wildman–Crippen LogP) is 3.07. The van der Waals surface area contributed by atoms with Gasteiger partial charge in [-0.15, -0.1) is 11.3 Å². The molecule has 2 aromatic heterocycles. The van der Waals surface area contributed by atoms with E-state index in [9.17, 15) is 14.4 Å². The van der Waals surface area contributed by atoms with Crippen molar-refractivity contribution < 1.29 is 23.6 Å². The van der Waals surface area contributed by atoms with E-state index in [0.717, 1.165) is 0 Å². The van der Waals surface area contributed by atoms with E-state index in [1.54, 1.807) is 42.6 Å². The number of ether oxygens (including phenoxy) is 1. The molecular weight excluding hydrogens is 356 g/mol. The second-order valence-electron chi connectivity index (χ2n) is 5.31. The molecule has 1 N–H and O–H groups in total. The molecule has 26 heavy (non-hydrogen) atoms. The van der Waals surface area contributed by atoms with E-state index in [0.29, 0.717) is 10.6 Å². The molecule has 0 saturated carbocycles. The van der Waals surface area contributed by atoms with Crippen molar-refractivity contribution in [3.63, 3.8) is 0 Å². The summed E-state index contributed by atoms with van der Waals surface area (Å²) in [5, 5.41) is 7.83. The molecule has 8 heteroatoms. The number of carbonyl (C=O) groups excluding carboxylic acids is 3. The molecule has 1 aromatic carbocycles. The molecule has 0 spiro atoms. The van der Waals surface area contributed by atoms with Gasteiger partial charge in [0.15, 0.2) is 6.61 Å². The summed E-state index contributed by atoms with van der Waals surface area (Å²) in [6.45, 7) is 1.20. The number of anilines is 1. The van der Waals surface area contributed by atoms with Crippen LogP contribution in [0.2, 0.25) is 0 Å². The van der Waals surface area contributed by atoms with E-state index in [1.165, 1.54) is 23.5 Å². The van der Waals surface area contributed by atoms with Gasteiger partial charge in [0.1, 0.15) is 0 Å². The number of nitrogens with zero attached hydrogens (tertiary/aromatic N) is 1. The van der Waals surface area contributed by atoms with Crippen molar-refractivity contribution in [3.8, 4) is 0 Å². The summed E-state index contributed by atoms with van der Waals surface area (Å²) < 4.78 is 9.87. The van der Waals surface area contributed by atoms with E-state index in [-0.39, 0.29) is 22.8 Å². The number of amides is 1. The summed E-state index contributed by atoms with van der Waals surface area (Å²) in [4.78, 5) is 37.2. The van der Waals surface area contributed by atoms with Crippen molar-refractivity contribution in [2.75, 3.05) is 11.9 Å². The normalized spacial score (nSPS) is 10.3. The van der Waals surface area contributed by atoms with E-state index in [4.69, 9.17) is 9.26 Å². The molecule has 0 aliphatic heterocycles. The summed E-state index contributed by atoms with van der Waals surface area (Å²) in [5.41, 5.74) is 0.943. The minimum absolute atomic E-state index is 0.106. The van der Waals surface area contributed by atoms with Gasteiger partial charge < -0.3 is 9.26 Å². The second kappa shape index (κ2) is 7.75. The van der Waals surface area contributed by atoms with Crippen molar-refractivity contribution in [1.82, 2.24) is 5.16 Å². The Morgan fingerprint density at radius 3 is 2.58 bits per heavy atom. The van der Waals surface area contributed by atoms with Gasteiger partial charge >= 0.3 is 5.97 Å². The van der Waals surface area contributed by atoms with Crippen LogP contribution in [0.15, 0.2) is 52.4 Å². The fourth-order valence-electron chi connectivity index (χ4n) is 2.20. The number of esters is 1. The Morgan fingerprint density at radius 2 is 1.92 bits per heavy atom. The lowest BCUT2D eigenvalue weighted by Crippen LogP contribution is -2.21. The molecule has 1 amide bonds. The van der Waals surface area contributed by atoms with Crippen LogP contribution in [0.4, 0.5) is 5.88 Å². The van der Waals surface area contributed by atoms with Crippen molar-refractivity contribution in [2.45, 2.75) is 6.92 Å². The molecule has 0 aliphatic rings. The predicted molar refractivity (Wildman–Crippen MR) is 94.3 cm³/mol. The van der Waals surface area contributed by atoms with Gasteiger partial charge in [-0.1, -0.05) is 29.4 Å². The van der Waals surface area contributed by atoms with Gasteiger partial charge in [0.2, 0.25) is 11.7 Å². The number of hydrogen-bond donors (Lipinski definition) is 1. The molecule has 0 bridgehead atoms. The molecule has 0 aliphatic carbocycles. The highest BCUT2D eigenvalue weighted by molar-refractivity contribution is 7.12. The standard InChI is InChI=1S/C18H14N2O5S/c1-11-9-16(25-20-11)19-15(21)10-24-18(23)13-6-3-2-5-12(13)17(22)14-7-4-8-26-14/h2-9H,10H2,1H3,(H,19,21). The first kappa shape index (κ1) is 17.6. The van der Waals surface area contributed by atoms with Crippen LogP contribution >= 0.6 is 11.3 Å². The van der Waals surface area contributed by atoms with Gasteiger partial charge in [0.25, 0.3) is 5.91 Å². The van der Waals surface area contributed by atoms with Crippen LogP contribution in [0.25, 0.3) is 0 Å². The molecular formula is C18H14N2O5S. The Balaban J connectivity index is 1.66. The minimum Gasteiger partial charge on any atom is -0.452 e. The minimum atomic E-state index is -0.755. The van der Waals surface area contributed by atoms with Crippen molar-refractivity contribution in [2.24, 2.45) is 0 Å². The summed E-state index contributed by atoms with van der Waals surface area (Å²) in [6, 6.07) is 11.3. The lowest BCUT2D eigenvalue weighted by atomic mass is 10.0.